The number of aliphatic hydroxyl groups excluding tert-OH is 1. The third kappa shape index (κ3) is 2.15. The van der Waals surface area contributed by atoms with Crippen LogP contribution in [-0.2, 0) is 20.0 Å². The van der Waals surface area contributed by atoms with Crippen molar-refractivity contribution in [2.24, 2.45) is 7.05 Å². The maximum atomic E-state index is 10.3. The van der Waals surface area contributed by atoms with Crippen molar-refractivity contribution in [1.29, 1.82) is 0 Å². The zero-order chi connectivity index (χ0) is 13.3. The number of aryl methyl sites for hydroxylation is 3. The molecule has 0 radical (unpaired) electrons. The molecule has 2 aromatic heterocycles. The number of rotatable bonds is 4. The molecule has 98 valence electrons. The molecule has 1 N–H and O–H groups in total. The molecule has 0 amide bonds. The van der Waals surface area contributed by atoms with Gasteiger partial charge in [-0.15, -0.1) is 5.10 Å². The van der Waals surface area contributed by atoms with E-state index in [1.807, 2.05) is 32.5 Å². The van der Waals surface area contributed by atoms with Gasteiger partial charge in [-0.25, -0.2) is 4.68 Å². The van der Waals surface area contributed by atoms with Crippen molar-refractivity contribution in [3.8, 4) is 0 Å². The molecule has 0 aromatic carbocycles. The van der Waals surface area contributed by atoms with Gasteiger partial charge < -0.3 is 5.11 Å². The first-order chi connectivity index (χ1) is 8.54. The van der Waals surface area contributed by atoms with Crippen LogP contribution in [0, 0.1) is 13.8 Å². The van der Waals surface area contributed by atoms with Crippen molar-refractivity contribution in [1.82, 2.24) is 24.8 Å². The second-order valence-corrected chi connectivity index (χ2v) is 4.47. The molecular formula is C12H19N5O. The molecule has 0 aliphatic heterocycles. The number of hydrogen-bond acceptors (Lipinski definition) is 4. The summed E-state index contributed by atoms with van der Waals surface area (Å²) >= 11 is 0. The van der Waals surface area contributed by atoms with Crippen molar-refractivity contribution >= 4 is 0 Å². The fraction of sp³-hybridized carbons (Fsp3) is 0.583. The van der Waals surface area contributed by atoms with Gasteiger partial charge in [0.1, 0.15) is 6.10 Å². The van der Waals surface area contributed by atoms with Crippen LogP contribution in [0.5, 0.6) is 0 Å². The van der Waals surface area contributed by atoms with Crippen molar-refractivity contribution in [2.75, 3.05) is 0 Å². The van der Waals surface area contributed by atoms with E-state index in [1.54, 1.807) is 10.9 Å². The fourth-order valence-electron chi connectivity index (χ4n) is 2.18. The first kappa shape index (κ1) is 12.8. The third-order valence-electron chi connectivity index (χ3n) is 3.34. The van der Waals surface area contributed by atoms with Gasteiger partial charge in [-0.1, -0.05) is 5.21 Å². The van der Waals surface area contributed by atoms with E-state index in [2.05, 4.69) is 15.4 Å². The van der Waals surface area contributed by atoms with Gasteiger partial charge in [-0.05, 0) is 26.3 Å². The summed E-state index contributed by atoms with van der Waals surface area (Å²) < 4.78 is 3.55. The lowest BCUT2D eigenvalue weighted by Crippen LogP contribution is -2.11. The standard InChI is InChI=1S/C12H19N5O/c1-5-17-11(7-13-15-17)12(18)6-10-8(2)14-16(4)9(10)3/h7,12,18H,5-6H2,1-4H3. The van der Waals surface area contributed by atoms with E-state index in [0.29, 0.717) is 13.0 Å². The van der Waals surface area contributed by atoms with Crippen molar-refractivity contribution < 1.29 is 5.11 Å². The van der Waals surface area contributed by atoms with Crippen LogP contribution in [0.4, 0.5) is 0 Å². The molecule has 0 aliphatic rings. The second-order valence-electron chi connectivity index (χ2n) is 4.47. The first-order valence-electron chi connectivity index (χ1n) is 6.10. The Labute approximate surface area is 106 Å². The van der Waals surface area contributed by atoms with Crippen LogP contribution in [0.25, 0.3) is 0 Å². The molecule has 0 spiro atoms. The Morgan fingerprint density at radius 1 is 1.39 bits per heavy atom. The summed E-state index contributed by atoms with van der Waals surface area (Å²) in [5, 5.41) is 22.4. The lowest BCUT2D eigenvalue weighted by atomic mass is 10.0. The Hall–Kier alpha value is -1.69. The van der Waals surface area contributed by atoms with E-state index in [-0.39, 0.29) is 0 Å². The predicted molar refractivity (Wildman–Crippen MR) is 67.0 cm³/mol. The average molecular weight is 249 g/mol. The average Bonchev–Trinajstić information content (AvgIpc) is 2.90. The van der Waals surface area contributed by atoms with Crippen molar-refractivity contribution in [2.45, 2.75) is 39.8 Å². The monoisotopic (exact) mass is 249 g/mol. The van der Waals surface area contributed by atoms with Gasteiger partial charge in [0.25, 0.3) is 0 Å². The highest BCUT2D eigenvalue weighted by atomic mass is 16.3. The summed E-state index contributed by atoms with van der Waals surface area (Å²) in [5.74, 6) is 0. The Bertz CT molecular complexity index is 543. The highest BCUT2D eigenvalue weighted by molar-refractivity contribution is 5.26. The lowest BCUT2D eigenvalue weighted by Gasteiger charge is -2.11. The molecule has 18 heavy (non-hydrogen) atoms. The van der Waals surface area contributed by atoms with Gasteiger partial charge in [-0.2, -0.15) is 5.10 Å². The van der Waals surface area contributed by atoms with Crippen molar-refractivity contribution in [3.63, 3.8) is 0 Å². The molecule has 6 heteroatoms. The van der Waals surface area contributed by atoms with Gasteiger partial charge in [-0.3, -0.25) is 4.68 Å². The molecule has 0 fully saturated rings. The molecule has 0 saturated carbocycles. The summed E-state index contributed by atoms with van der Waals surface area (Å²) in [5.41, 5.74) is 3.89. The number of aliphatic hydroxyl groups is 1. The molecule has 2 heterocycles. The van der Waals surface area contributed by atoms with Crippen LogP contribution in [0.15, 0.2) is 6.20 Å². The van der Waals surface area contributed by atoms with Crippen LogP contribution in [0.1, 0.15) is 35.7 Å². The predicted octanol–water partition coefficient (Wildman–Crippen LogP) is 0.924. The van der Waals surface area contributed by atoms with E-state index in [9.17, 15) is 5.11 Å². The van der Waals surface area contributed by atoms with Crippen LogP contribution in [-0.4, -0.2) is 29.9 Å². The quantitative estimate of drug-likeness (QED) is 0.875. The summed E-state index contributed by atoms with van der Waals surface area (Å²) in [7, 11) is 1.91. The Kier molecular flexibility index (Phi) is 3.47. The topological polar surface area (TPSA) is 68.8 Å². The van der Waals surface area contributed by atoms with Crippen LogP contribution in [0.3, 0.4) is 0 Å². The molecule has 0 aliphatic carbocycles. The maximum Gasteiger partial charge on any atom is 0.101 e. The van der Waals surface area contributed by atoms with E-state index >= 15 is 0 Å². The molecule has 2 aromatic rings. The minimum Gasteiger partial charge on any atom is -0.386 e. The maximum absolute atomic E-state index is 10.3. The summed E-state index contributed by atoms with van der Waals surface area (Å²) in [4.78, 5) is 0. The normalized spacial score (nSPS) is 12.9. The Morgan fingerprint density at radius 2 is 2.11 bits per heavy atom. The smallest absolute Gasteiger partial charge is 0.101 e. The van der Waals surface area contributed by atoms with E-state index in [0.717, 1.165) is 22.6 Å². The highest BCUT2D eigenvalue weighted by Gasteiger charge is 2.18. The SMILES string of the molecule is CCn1nncc1C(O)Cc1c(C)nn(C)c1C. The van der Waals surface area contributed by atoms with E-state index < -0.39 is 6.10 Å². The van der Waals surface area contributed by atoms with E-state index in [1.165, 1.54) is 0 Å². The number of hydrogen-bond donors (Lipinski definition) is 1. The van der Waals surface area contributed by atoms with Crippen LogP contribution < -0.4 is 0 Å². The molecular weight excluding hydrogens is 230 g/mol. The third-order valence-corrected chi connectivity index (χ3v) is 3.34. The summed E-state index contributed by atoms with van der Waals surface area (Å²) in [6, 6.07) is 0. The molecule has 1 unspecified atom stereocenters. The van der Waals surface area contributed by atoms with Gasteiger partial charge in [0.2, 0.25) is 0 Å². The van der Waals surface area contributed by atoms with Gasteiger partial charge >= 0.3 is 0 Å². The fourth-order valence-corrected chi connectivity index (χ4v) is 2.18. The lowest BCUT2D eigenvalue weighted by molar-refractivity contribution is 0.166. The van der Waals surface area contributed by atoms with E-state index in [4.69, 9.17) is 0 Å². The van der Waals surface area contributed by atoms with Gasteiger partial charge in [0.15, 0.2) is 0 Å². The van der Waals surface area contributed by atoms with Gasteiger partial charge in [0, 0.05) is 25.7 Å². The zero-order valence-corrected chi connectivity index (χ0v) is 11.3. The molecule has 2 rings (SSSR count). The van der Waals surface area contributed by atoms with Crippen molar-refractivity contribution in [3.05, 3.63) is 28.8 Å². The van der Waals surface area contributed by atoms with Gasteiger partial charge in [0.05, 0.1) is 17.6 Å². The molecule has 1 atom stereocenters. The molecule has 6 nitrogen and oxygen atoms in total. The minimum absolute atomic E-state index is 0.541. The number of aromatic nitrogens is 5. The van der Waals surface area contributed by atoms with Crippen LogP contribution in [0.2, 0.25) is 0 Å². The molecule has 0 saturated heterocycles. The first-order valence-corrected chi connectivity index (χ1v) is 6.10. The Morgan fingerprint density at radius 3 is 2.67 bits per heavy atom. The largest absolute Gasteiger partial charge is 0.386 e. The van der Waals surface area contributed by atoms with Crippen LogP contribution >= 0.6 is 0 Å². The minimum atomic E-state index is -0.596. The Balaban J connectivity index is 2.24. The highest BCUT2D eigenvalue weighted by Crippen LogP contribution is 2.21. The zero-order valence-electron chi connectivity index (χ0n) is 11.3. The number of nitrogens with zero attached hydrogens (tertiary/aromatic N) is 5. The second kappa shape index (κ2) is 4.89. The summed E-state index contributed by atoms with van der Waals surface area (Å²) in [6.07, 6.45) is 1.57. The summed E-state index contributed by atoms with van der Waals surface area (Å²) in [6.45, 7) is 6.66. The molecule has 0 bridgehead atoms.